The summed E-state index contributed by atoms with van der Waals surface area (Å²) in [5.41, 5.74) is 1.84. The first-order valence-corrected chi connectivity index (χ1v) is 10.3. The molecule has 2 amide bonds. The van der Waals surface area contributed by atoms with Crippen LogP contribution in [-0.4, -0.2) is 64.7 Å². The number of likely N-dealkylation sites (tertiary alicyclic amines) is 1. The lowest BCUT2D eigenvalue weighted by Gasteiger charge is -2.24. The highest BCUT2D eigenvalue weighted by molar-refractivity contribution is 5.99. The van der Waals surface area contributed by atoms with Crippen LogP contribution in [-0.2, 0) is 0 Å². The fraction of sp³-hybridized carbons (Fsp3) is 0.348. The third-order valence-electron chi connectivity index (χ3n) is 5.47. The fourth-order valence-corrected chi connectivity index (χ4v) is 3.97. The van der Waals surface area contributed by atoms with Gasteiger partial charge in [0.2, 0.25) is 0 Å². The van der Waals surface area contributed by atoms with Crippen LogP contribution in [0.3, 0.4) is 0 Å². The topological polar surface area (TPSA) is 70.0 Å². The molecule has 0 saturated carbocycles. The van der Waals surface area contributed by atoms with Gasteiger partial charge in [-0.3, -0.25) is 9.59 Å². The summed E-state index contributed by atoms with van der Waals surface area (Å²) in [6, 6.07) is 14.9. The Hall–Kier alpha value is -3.19. The average Bonchev–Trinajstić information content (AvgIpc) is 3.38. The van der Waals surface area contributed by atoms with E-state index in [2.05, 4.69) is 5.32 Å². The number of fused-ring (bicyclic) bond motifs is 1. The van der Waals surface area contributed by atoms with Gasteiger partial charge in [0, 0.05) is 31.4 Å². The standard InChI is InChI=1S/C23H27N5O2/c1-26(2)16-13-24-22(29)20-18-11-6-7-14-27(18)21(25-20)19-12-8-15-28(19)23(30)17-9-4-3-5-10-17/h3-7,9-11,14,19H,8,12-13,15-16H2,1-2H3,(H,24,29). The van der Waals surface area contributed by atoms with Crippen molar-refractivity contribution < 1.29 is 9.59 Å². The molecule has 1 atom stereocenters. The van der Waals surface area contributed by atoms with Crippen LogP contribution in [0.4, 0.5) is 0 Å². The fourth-order valence-electron chi connectivity index (χ4n) is 3.97. The van der Waals surface area contributed by atoms with E-state index in [1.165, 1.54) is 0 Å². The summed E-state index contributed by atoms with van der Waals surface area (Å²) < 4.78 is 1.95. The van der Waals surface area contributed by atoms with Crippen molar-refractivity contribution in [2.45, 2.75) is 18.9 Å². The van der Waals surface area contributed by atoms with Crippen molar-refractivity contribution in [1.82, 2.24) is 24.5 Å². The third kappa shape index (κ3) is 3.93. The van der Waals surface area contributed by atoms with Crippen LogP contribution >= 0.6 is 0 Å². The van der Waals surface area contributed by atoms with Crippen LogP contribution < -0.4 is 5.32 Å². The summed E-state index contributed by atoms with van der Waals surface area (Å²) in [5, 5.41) is 2.95. The van der Waals surface area contributed by atoms with Gasteiger partial charge < -0.3 is 19.5 Å². The maximum atomic E-state index is 13.1. The molecular weight excluding hydrogens is 378 g/mol. The molecule has 1 N–H and O–H groups in total. The molecule has 0 spiro atoms. The number of carbonyl (C=O) groups is 2. The van der Waals surface area contributed by atoms with E-state index in [4.69, 9.17) is 4.98 Å². The molecule has 156 valence electrons. The molecule has 7 heteroatoms. The highest BCUT2D eigenvalue weighted by Crippen LogP contribution is 2.33. The van der Waals surface area contributed by atoms with Gasteiger partial charge in [0.05, 0.1) is 11.6 Å². The highest BCUT2D eigenvalue weighted by atomic mass is 16.2. The number of likely N-dealkylation sites (N-methyl/N-ethyl adjacent to an activating group) is 1. The normalized spacial score (nSPS) is 16.4. The zero-order chi connectivity index (χ0) is 21.1. The molecule has 4 rings (SSSR count). The van der Waals surface area contributed by atoms with Gasteiger partial charge in [0.15, 0.2) is 5.69 Å². The van der Waals surface area contributed by atoms with Crippen molar-refractivity contribution in [2.24, 2.45) is 0 Å². The summed E-state index contributed by atoms with van der Waals surface area (Å²) in [5.74, 6) is 0.554. The molecule has 30 heavy (non-hydrogen) atoms. The number of nitrogens with zero attached hydrogens (tertiary/aromatic N) is 4. The first-order chi connectivity index (χ1) is 14.6. The molecule has 0 aliphatic carbocycles. The van der Waals surface area contributed by atoms with Crippen LogP contribution in [0, 0.1) is 0 Å². The molecule has 0 bridgehead atoms. The van der Waals surface area contributed by atoms with Gasteiger partial charge in [-0.1, -0.05) is 24.3 Å². The van der Waals surface area contributed by atoms with Gasteiger partial charge in [0.25, 0.3) is 11.8 Å². The number of pyridine rings is 1. The lowest BCUT2D eigenvalue weighted by molar-refractivity contribution is 0.0729. The lowest BCUT2D eigenvalue weighted by Crippen LogP contribution is -2.32. The number of hydrogen-bond acceptors (Lipinski definition) is 4. The summed E-state index contributed by atoms with van der Waals surface area (Å²) >= 11 is 0. The van der Waals surface area contributed by atoms with Crippen LogP contribution in [0.2, 0.25) is 0 Å². The Bertz CT molecular complexity index is 1040. The van der Waals surface area contributed by atoms with E-state index in [9.17, 15) is 9.59 Å². The number of benzene rings is 1. The first-order valence-electron chi connectivity index (χ1n) is 10.3. The van der Waals surface area contributed by atoms with Crippen LogP contribution in [0.5, 0.6) is 0 Å². The second-order valence-electron chi connectivity index (χ2n) is 7.86. The van der Waals surface area contributed by atoms with E-state index in [1.54, 1.807) is 0 Å². The molecule has 3 heterocycles. The number of rotatable bonds is 6. The van der Waals surface area contributed by atoms with Crippen molar-refractivity contribution in [1.29, 1.82) is 0 Å². The van der Waals surface area contributed by atoms with Crippen LogP contribution in [0.25, 0.3) is 5.52 Å². The monoisotopic (exact) mass is 405 g/mol. The minimum Gasteiger partial charge on any atom is -0.349 e. The lowest BCUT2D eigenvalue weighted by atomic mass is 10.1. The molecule has 1 unspecified atom stereocenters. The number of aromatic nitrogens is 2. The molecule has 1 saturated heterocycles. The van der Waals surface area contributed by atoms with E-state index in [-0.39, 0.29) is 17.9 Å². The molecule has 1 aromatic carbocycles. The highest BCUT2D eigenvalue weighted by Gasteiger charge is 2.34. The minimum atomic E-state index is -0.189. The van der Waals surface area contributed by atoms with E-state index >= 15 is 0 Å². The molecule has 2 aromatic heterocycles. The predicted octanol–water partition coefficient (Wildman–Crippen LogP) is 2.60. The van der Waals surface area contributed by atoms with Crippen molar-refractivity contribution in [2.75, 3.05) is 33.7 Å². The molecule has 1 aliphatic heterocycles. The molecule has 3 aromatic rings. The zero-order valence-electron chi connectivity index (χ0n) is 17.4. The van der Waals surface area contributed by atoms with Crippen molar-refractivity contribution in [3.63, 3.8) is 0 Å². The Morgan fingerprint density at radius 3 is 2.67 bits per heavy atom. The Labute approximate surface area is 176 Å². The van der Waals surface area contributed by atoms with Crippen molar-refractivity contribution in [3.05, 3.63) is 71.8 Å². The summed E-state index contributed by atoms with van der Waals surface area (Å²) in [7, 11) is 3.93. The second-order valence-corrected chi connectivity index (χ2v) is 7.86. The first kappa shape index (κ1) is 20.1. The number of amides is 2. The van der Waals surface area contributed by atoms with Gasteiger partial charge >= 0.3 is 0 Å². The number of nitrogens with one attached hydrogen (secondary N) is 1. The number of imidazole rings is 1. The largest absolute Gasteiger partial charge is 0.349 e. The van der Waals surface area contributed by atoms with Crippen molar-refractivity contribution >= 4 is 17.3 Å². The minimum absolute atomic E-state index is 0.00256. The number of hydrogen-bond donors (Lipinski definition) is 1. The molecule has 0 radical (unpaired) electrons. The van der Waals surface area contributed by atoms with Gasteiger partial charge in [-0.05, 0) is 51.2 Å². The van der Waals surface area contributed by atoms with Crippen molar-refractivity contribution in [3.8, 4) is 0 Å². The Kier molecular flexibility index (Phi) is 5.81. The predicted molar refractivity (Wildman–Crippen MR) is 116 cm³/mol. The average molecular weight is 406 g/mol. The van der Waals surface area contributed by atoms with E-state index in [1.807, 2.05) is 83.0 Å². The van der Waals surface area contributed by atoms with Gasteiger partial charge in [-0.25, -0.2) is 4.98 Å². The molecular formula is C23H27N5O2. The zero-order valence-corrected chi connectivity index (χ0v) is 17.4. The van der Waals surface area contributed by atoms with E-state index < -0.39 is 0 Å². The second kappa shape index (κ2) is 8.67. The summed E-state index contributed by atoms with van der Waals surface area (Å²) in [6.45, 7) is 1.99. The SMILES string of the molecule is CN(C)CCNC(=O)c1nc(C2CCCN2C(=O)c2ccccc2)n2ccccc12. The summed E-state index contributed by atoms with van der Waals surface area (Å²) in [6.07, 6.45) is 3.65. The quantitative estimate of drug-likeness (QED) is 0.684. The molecule has 7 nitrogen and oxygen atoms in total. The Morgan fingerprint density at radius 1 is 1.13 bits per heavy atom. The Balaban J connectivity index is 1.65. The van der Waals surface area contributed by atoms with Crippen LogP contribution in [0.15, 0.2) is 54.7 Å². The van der Waals surface area contributed by atoms with E-state index in [0.717, 1.165) is 30.7 Å². The molecule has 1 fully saturated rings. The Morgan fingerprint density at radius 2 is 1.90 bits per heavy atom. The van der Waals surface area contributed by atoms with Crippen LogP contribution in [0.1, 0.15) is 45.6 Å². The van der Waals surface area contributed by atoms with Gasteiger partial charge in [0.1, 0.15) is 5.82 Å². The van der Waals surface area contributed by atoms with Gasteiger partial charge in [-0.15, -0.1) is 0 Å². The maximum absolute atomic E-state index is 13.1. The maximum Gasteiger partial charge on any atom is 0.272 e. The van der Waals surface area contributed by atoms with Gasteiger partial charge in [-0.2, -0.15) is 0 Å². The smallest absolute Gasteiger partial charge is 0.272 e. The summed E-state index contributed by atoms with van der Waals surface area (Å²) in [4.78, 5) is 34.6. The van der Waals surface area contributed by atoms with E-state index in [0.29, 0.717) is 24.3 Å². The molecule has 1 aliphatic rings. The third-order valence-corrected chi connectivity index (χ3v) is 5.47. The number of carbonyl (C=O) groups excluding carboxylic acids is 2.